The van der Waals surface area contributed by atoms with Crippen LogP contribution in [0.25, 0.3) is 10.8 Å². The van der Waals surface area contributed by atoms with Gasteiger partial charge < -0.3 is 14.4 Å². The second-order valence-corrected chi connectivity index (χ2v) is 7.07. The highest BCUT2D eigenvalue weighted by Gasteiger charge is 2.19. The maximum absolute atomic E-state index is 12.9. The molecule has 1 heterocycles. The molecule has 0 bridgehead atoms. The molecule has 1 N–H and O–H groups in total. The molecule has 0 atom stereocenters. The third-order valence-electron chi connectivity index (χ3n) is 3.81. The first-order valence-electron chi connectivity index (χ1n) is 8.18. The standard InChI is InChI=1S/C18H23Cl2NO3/c1-4-5-6-24-17-12-7-14(19)15(20)8-13(12)18(23)21(9-11(2)3)16(17)10-22/h7-8,11,22H,4-6,9-10H2,1-3H3. The average molecular weight is 372 g/mol. The molecule has 0 aliphatic rings. The zero-order valence-electron chi connectivity index (χ0n) is 14.2. The summed E-state index contributed by atoms with van der Waals surface area (Å²) < 4.78 is 7.51. The van der Waals surface area contributed by atoms with Gasteiger partial charge in [-0.3, -0.25) is 4.79 Å². The molecule has 2 aromatic rings. The lowest BCUT2D eigenvalue weighted by molar-refractivity contribution is 0.246. The first kappa shape index (κ1) is 19.1. The van der Waals surface area contributed by atoms with Gasteiger partial charge in [0.25, 0.3) is 5.56 Å². The van der Waals surface area contributed by atoms with Gasteiger partial charge in [0.15, 0.2) is 0 Å². The molecule has 2 rings (SSSR count). The molecule has 0 saturated heterocycles. The fourth-order valence-corrected chi connectivity index (χ4v) is 2.98. The van der Waals surface area contributed by atoms with Crippen molar-refractivity contribution < 1.29 is 9.84 Å². The van der Waals surface area contributed by atoms with Crippen molar-refractivity contribution >= 4 is 34.0 Å². The van der Waals surface area contributed by atoms with E-state index in [1.165, 1.54) is 0 Å². The van der Waals surface area contributed by atoms with Crippen molar-refractivity contribution in [3.05, 3.63) is 38.2 Å². The lowest BCUT2D eigenvalue weighted by Gasteiger charge is -2.20. The molecule has 1 aromatic heterocycles. The Balaban J connectivity index is 2.78. The van der Waals surface area contributed by atoms with Crippen LogP contribution >= 0.6 is 23.2 Å². The Morgan fingerprint density at radius 3 is 2.38 bits per heavy atom. The van der Waals surface area contributed by atoms with Crippen molar-refractivity contribution in [3.63, 3.8) is 0 Å². The van der Waals surface area contributed by atoms with Crippen LogP contribution in [-0.2, 0) is 13.2 Å². The quantitative estimate of drug-likeness (QED) is 0.721. The zero-order chi connectivity index (χ0) is 17.9. The average Bonchev–Trinajstić information content (AvgIpc) is 2.53. The van der Waals surface area contributed by atoms with Crippen molar-refractivity contribution in [2.45, 2.75) is 46.8 Å². The highest BCUT2D eigenvalue weighted by molar-refractivity contribution is 6.42. The molecule has 1 aromatic carbocycles. The number of pyridine rings is 1. The third-order valence-corrected chi connectivity index (χ3v) is 4.53. The summed E-state index contributed by atoms with van der Waals surface area (Å²) in [4.78, 5) is 12.9. The number of aromatic nitrogens is 1. The number of halogens is 2. The Hall–Kier alpha value is -1.23. The van der Waals surface area contributed by atoms with Crippen LogP contribution in [0.3, 0.4) is 0 Å². The second kappa shape index (κ2) is 8.24. The molecule has 132 valence electrons. The summed E-state index contributed by atoms with van der Waals surface area (Å²) in [6.45, 7) is 6.84. The number of ether oxygens (including phenoxy) is 1. The number of nitrogens with zero attached hydrogens (tertiary/aromatic N) is 1. The van der Waals surface area contributed by atoms with E-state index in [0.29, 0.717) is 45.4 Å². The molecule has 0 aliphatic heterocycles. The van der Waals surface area contributed by atoms with Gasteiger partial charge in [0, 0.05) is 11.9 Å². The van der Waals surface area contributed by atoms with Crippen molar-refractivity contribution in [1.29, 1.82) is 0 Å². The van der Waals surface area contributed by atoms with E-state index >= 15 is 0 Å². The van der Waals surface area contributed by atoms with Crippen LogP contribution in [0.1, 0.15) is 39.3 Å². The van der Waals surface area contributed by atoms with Gasteiger partial charge in [0.1, 0.15) is 5.75 Å². The lowest BCUT2D eigenvalue weighted by atomic mass is 10.1. The van der Waals surface area contributed by atoms with Gasteiger partial charge in [0.05, 0.1) is 34.3 Å². The second-order valence-electron chi connectivity index (χ2n) is 6.26. The van der Waals surface area contributed by atoms with Gasteiger partial charge in [-0.25, -0.2) is 0 Å². The van der Waals surface area contributed by atoms with Crippen LogP contribution in [0, 0.1) is 5.92 Å². The summed E-state index contributed by atoms with van der Waals surface area (Å²) in [6, 6.07) is 3.22. The molecule has 0 aliphatic carbocycles. The highest BCUT2D eigenvalue weighted by Crippen LogP contribution is 2.34. The smallest absolute Gasteiger partial charge is 0.259 e. The predicted octanol–water partition coefficient (Wildman–Crippen LogP) is 4.64. The Morgan fingerprint density at radius 1 is 1.21 bits per heavy atom. The summed E-state index contributed by atoms with van der Waals surface area (Å²) in [5.41, 5.74) is 0.292. The maximum atomic E-state index is 12.9. The first-order valence-corrected chi connectivity index (χ1v) is 8.94. The summed E-state index contributed by atoms with van der Waals surface area (Å²) in [5, 5.41) is 11.6. The van der Waals surface area contributed by atoms with E-state index in [1.54, 1.807) is 16.7 Å². The Labute approximate surface area is 152 Å². The lowest BCUT2D eigenvalue weighted by Crippen LogP contribution is -2.27. The number of hydrogen-bond donors (Lipinski definition) is 1. The Bertz CT molecular complexity index is 784. The van der Waals surface area contributed by atoms with Gasteiger partial charge in [-0.2, -0.15) is 0 Å². The number of benzene rings is 1. The third kappa shape index (κ3) is 3.88. The van der Waals surface area contributed by atoms with Crippen molar-refractivity contribution in [2.75, 3.05) is 6.61 Å². The van der Waals surface area contributed by atoms with E-state index in [0.717, 1.165) is 12.8 Å². The molecule has 0 fully saturated rings. The van der Waals surface area contributed by atoms with E-state index < -0.39 is 0 Å². The number of hydrogen-bond acceptors (Lipinski definition) is 3. The molecule has 4 nitrogen and oxygen atoms in total. The Kier molecular flexibility index (Phi) is 6.55. The van der Waals surface area contributed by atoms with Gasteiger partial charge in [0.2, 0.25) is 0 Å². The van der Waals surface area contributed by atoms with Crippen LogP contribution in [0.5, 0.6) is 5.75 Å². The van der Waals surface area contributed by atoms with Crippen molar-refractivity contribution in [3.8, 4) is 5.75 Å². The topological polar surface area (TPSA) is 51.5 Å². The highest BCUT2D eigenvalue weighted by atomic mass is 35.5. The summed E-state index contributed by atoms with van der Waals surface area (Å²) in [6.07, 6.45) is 1.88. The van der Waals surface area contributed by atoms with Crippen LogP contribution in [0.2, 0.25) is 10.0 Å². The van der Waals surface area contributed by atoms with E-state index in [9.17, 15) is 9.90 Å². The number of aliphatic hydroxyl groups is 1. The number of unbranched alkanes of at least 4 members (excludes halogenated alkanes) is 1. The SMILES string of the molecule is CCCCOc1c(CO)n(CC(C)C)c(=O)c2cc(Cl)c(Cl)cc12. The number of aliphatic hydroxyl groups excluding tert-OH is 1. The maximum Gasteiger partial charge on any atom is 0.259 e. The van der Waals surface area contributed by atoms with Crippen molar-refractivity contribution in [1.82, 2.24) is 4.57 Å². The minimum absolute atomic E-state index is 0.191. The van der Waals surface area contributed by atoms with E-state index in [-0.39, 0.29) is 18.1 Å². The molecule has 24 heavy (non-hydrogen) atoms. The van der Waals surface area contributed by atoms with Crippen LogP contribution in [-0.4, -0.2) is 16.3 Å². The first-order chi connectivity index (χ1) is 11.4. The van der Waals surface area contributed by atoms with Crippen molar-refractivity contribution in [2.24, 2.45) is 5.92 Å². The fraction of sp³-hybridized carbons (Fsp3) is 0.500. The molecule has 0 unspecified atom stereocenters. The van der Waals surface area contributed by atoms with Gasteiger partial charge in [-0.05, 0) is 24.5 Å². The van der Waals surface area contributed by atoms with Crippen LogP contribution < -0.4 is 10.3 Å². The fourth-order valence-electron chi connectivity index (χ4n) is 2.65. The molecular weight excluding hydrogens is 349 g/mol. The van der Waals surface area contributed by atoms with Gasteiger partial charge >= 0.3 is 0 Å². The summed E-state index contributed by atoms with van der Waals surface area (Å²) >= 11 is 12.2. The van der Waals surface area contributed by atoms with Crippen LogP contribution in [0.15, 0.2) is 16.9 Å². The number of rotatable bonds is 7. The van der Waals surface area contributed by atoms with Gasteiger partial charge in [-0.1, -0.05) is 50.4 Å². The molecule has 6 heteroatoms. The van der Waals surface area contributed by atoms with E-state index in [4.69, 9.17) is 27.9 Å². The van der Waals surface area contributed by atoms with E-state index in [1.807, 2.05) is 13.8 Å². The molecule has 0 amide bonds. The molecule has 0 spiro atoms. The minimum atomic E-state index is -0.278. The zero-order valence-corrected chi connectivity index (χ0v) is 15.7. The largest absolute Gasteiger partial charge is 0.491 e. The van der Waals surface area contributed by atoms with Crippen LogP contribution in [0.4, 0.5) is 0 Å². The normalized spacial score (nSPS) is 11.5. The predicted molar refractivity (Wildman–Crippen MR) is 99.4 cm³/mol. The molecule has 0 radical (unpaired) electrons. The molecule has 0 saturated carbocycles. The Morgan fingerprint density at radius 2 is 1.83 bits per heavy atom. The summed E-state index contributed by atoms with van der Waals surface area (Å²) in [5.74, 6) is 0.761. The minimum Gasteiger partial charge on any atom is -0.491 e. The van der Waals surface area contributed by atoms with E-state index in [2.05, 4.69) is 6.92 Å². The monoisotopic (exact) mass is 371 g/mol. The summed E-state index contributed by atoms with van der Waals surface area (Å²) in [7, 11) is 0. The molecular formula is C18H23Cl2NO3. The van der Waals surface area contributed by atoms with Gasteiger partial charge in [-0.15, -0.1) is 0 Å². The number of fused-ring (bicyclic) bond motifs is 1.